The van der Waals surface area contributed by atoms with Crippen molar-refractivity contribution in [3.8, 4) is 0 Å². The number of aliphatic carboxylic acids is 1. The van der Waals surface area contributed by atoms with E-state index in [0.29, 0.717) is 0 Å². The van der Waals surface area contributed by atoms with E-state index in [1.54, 1.807) is 0 Å². The number of carboxylic acid groups (broad SMARTS) is 1. The Balaban J connectivity index is 4.43. The molecule has 0 radical (unpaired) electrons. The Hall–Kier alpha value is -0.850. The van der Waals surface area contributed by atoms with Gasteiger partial charge in [-0.15, -0.1) is 0 Å². The van der Waals surface area contributed by atoms with E-state index in [1.165, 1.54) is 0 Å². The van der Waals surface area contributed by atoms with E-state index in [2.05, 4.69) is 0 Å². The maximum absolute atomic E-state index is 12.7. The van der Waals surface area contributed by atoms with Gasteiger partial charge in [-0.1, -0.05) is 0 Å². The molecular formula is C6H9F4NO2. The molecule has 0 aliphatic heterocycles. The number of hydrogen-bond donors (Lipinski definition) is 2. The van der Waals surface area contributed by atoms with Gasteiger partial charge in [-0.05, 0) is 6.92 Å². The van der Waals surface area contributed by atoms with Crippen molar-refractivity contribution in [2.75, 3.05) is 0 Å². The van der Waals surface area contributed by atoms with Gasteiger partial charge >= 0.3 is 12.1 Å². The highest BCUT2D eigenvalue weighted by molar-refractivity contribution is 5.73. The van der Waals surface area contributed by atoms with Gasteiger partial charge in [0.1, 0.15) is 6.04 Å². The summed E-state index contributed by atoms with van der Waals surface area (Å²) in [5.41, 5.74) is 1.20. The van der Waals surface area contributed by atoms with Crippen molar-refractivity contribution in [3.05, 3.63) is 0 Å². The van der Waals surface area contributed by atoms with Gasteiger partial charge in [-0.25, -0.2) is 4.39 Å². The zero-order valence-electron chi connectivity index (χ0n) is 6.73. The van der Waals surface area contributed by atoms with Crippen LogP contribution in [0.25, 0.3) is 0 Å². The van der Waals surface area contributed by atoms with Crippen LogP contribution in [0.3, 0.4) is 0 Å². The Labute approximate surface area is 71.5 Å². The summed E-state index contributed by atoms with van der Waals surface area (Å²) in [6, 6.07) is -1.85. The number of nitrogens with two attached hydrogens (primary N) is 1. The van der Waals surface area contributed by atoms with Crippen molar-refractivity contribution in [1.29, 1.82) is 0 Å². The fourth-order valence-corrected chi connectivity index (χ4v) is 0.616. The van der Waals surface area contributed by atoms with Crippen LogP contribution in [0.4, 0.5) is 17.6 Å². The van der Waals surface area contributed by atoms with Crippen molar-refractivity contribution >= 4 is 5.97 Å². The van der Waals surface area contributed by atoms with E-state index in [1.807, 2.05) is 0 Å². The number of hydrogen-bond acceptors (Lipinski definition) is 2. The van der Waals surface area contributed by atoms with E-state index in [9.17, 15) is 22.4 Å². The molecule has 0 saturated heterocycles. The van der Waals surface area contributed by atoms with Crippen LogP contribution >= 0.6 is 0 Å². The summed E-state index contributed by atoms with van der Waals surface area (Å²) in [6.45, 7) is 0.260. The van der Waals surface area contributed by atoms with Crippen LogP contribution in [-0.2, 0) is 4.79 Å². The monoisotopic (exact) mass is 203 g/mol. The lowest BCUT2D eigenvalue weighted by atomic mass is 9.99. The fraction of sp³-hybridized carbons (Fsp3) is 0.833. The highest BCUT2D eigenvalue weighted by atomic mass is 19.4. The second-order valence-electron chi connectivity index (χ2n) is 2.84. The van der Waals surface area contributed by atoms with Gasteiger partial charge in [-0.3, -0.25) is 4.79 Å². The molecule has 0 aliphatic carbocycles. The molecule has 2 atom stereocenters. The van der Waals surface area contributed by atoms with Gasteiger partial charge in [-0.2, -0.15) is 13.2 Å². The van der Waals surface area contributed by atoms with Crippen molar-refractivity contribution in [2.24, 2.45) is 5.73 Å². The summed E-state index contributed by atoms with van der Waals surface area (Å²) in [6.07, 6.45) is -6.38. The van der Waals surface area contributed by atoms with Gasteiger partial charge in [0, 0.05) is 6.42 Å². The Morgan fingerprint density at radius 2 is 1.85 bits per heavy atom. The van der Waals surface area contributed by atoms with Crippen molar-refractivity contribution < 1.29 is 27.5 Å². The molecule has 0 amide bonds. The number of alkyl halides is 4. The second-order valence-corrected chi connectivity index (χ2v) is 2.84. The molecule has 0 heterocycles. The molecule has 0 rings (SSSR count). The van der Waals surface area contributed by atoms with Crippen LogP contribution < -0.4 is 5.73 Å². The average molecular weight is 203 g/mol. The van der Waals surface area contributed by atoms with E-state index >= 15 is 0 Å². The van der Waals surface area contributed by atoms with E-state index < -0.39 is 30.3 Å². The summed E-state index contributed by atoms with van der Waals surface area (Å²) in [7, 11) is 0. The molecule has 3 nitrogen and oxygen atoms in total. The van der Waals surface area contributed by atoms with Gasteiger partial charge in [0.2, 0.25) is 5.67 Å². The summed E-state index contributed by atoms with van der Waals surface area (Å²) in [5, 5.41) is 8.15. The van der Waals surface area contributed by atoms with Crippen molar-refractivity contribution in [2.45, 2.75) is 31.2 Å². The van der Waals surface area contributed by atoms with Gasteiger partial charge in [0.15, 0.2) is 0 Å². The molecule has 1 unspecified atom stereocenters. The number of rotatable bonds is 3. The molecule has 0 bridgehead atoms. The van der Waals surface area contributed by atoms with Crippen LogP contribution in [-0.4, -0.2) is 29.0 Å². The minimum absolute atomic E-state index is 0.260. The number of halogens is 4. The normalized spacial score (nSPS) is 19.2. The minimum atomic E-state index is -5.10. The third-order valence-corrected chi connectivity index (χ3v) is 1.51. The smallest absolute Gasteiger partial charge is 0.422 e. The molecule has 0 aromatic heterocycles. The maximum Gasteiger partial charge on any atom is 0.422 e. The number of carboxylic acids is 1. The molecule has 0 saturated carbocycles. The molecule has 0 fully saturated rings. The first-order valence-electron chi connectivity index (χ1n) is 3.32. The van der Waals surface area contributed by atoms with Gasteiger partial charge in [0.25, 0.3) is 0 Å². The van der Waals surface area contributed by atoms with Gasteiger partial charge in [0.05, 0.1) is 0 Å². The van der Waals surface area contributed by atoms with Crippen LogP contribution in [0.5, 0.6) is 0 Å². The summed E-state index contributed by atoms with van der Waals surface area (Å²) in [4.78, 5) is 10.0. The highest BCUT2D eigenvalue weighted by Crippen LogP contribution is 2.36. The fourth-order valence-electron chi connectivity index (χ4n) is 0.616. The molecular weight excluding hydrogens is 194 g/mol. The van der Waals surface area contributed by atoms with E-state index in [-0.39, 0.29) is 6.92 Å². The SMILES string of the molecule is CC(F)(C[C@H](N)C(=O)O)C(F)(F)F. The lowest BCUT2D eigenvalue weighted by Gasteiger charge is -2.24. The molecule has 7 heteroatoms. The van der Waals surface area contributed by atoms with E-state index in [4.69, 9.17) is 10.8 Å². The topological polar surface area (TPSA) is 63.3 Å². The molecule has 0 aliphatic rings. The lowest BCUT2D eigenvalue weighted by molar-refractivity contribution is -0.227. The summed E-state index contributed by atoms with van der Waals surface area (Å²) in [5.74, 6) is -1.66. The van der Waals surface area contributed by atoms with Crippen molar-refractivity contribution in [1.82, 2.24) is 0 Å². The van der Waals surface area contributed by atoms with E-state index in [0.717, 1.165) is 0 Å². The molecule has 0 spiro atoms. The predicted octanol–water partition coefficient (Wildman–Crippen LogP) is 1.08. The predicted molar refractivity (Wildman–Crippen MR) is 35.8 cm³/mol. The molecule has 13 heavy (non-hydrogen) atoms. The van der Waals surface area contributed by atoms with Crippen LogP contribution in [0.2, 0.25) is 0 Å². The van der Waals surface area contributed by atoms with Gasteiger partial charge < -0.3 is 10.8 Å². The Morgan fingerprint density at radius 3 is 2.08 bits per heavy atom. The first kappa shape index (κ1) is 12.2. The Morgan fingerprint density at radius 1 is 1.46 bits per heavy atom. The first-order valence-corrected chi connectivity index (χ1v) is 3.32. The lowest BCUT2D eigenvalue weighted by Crippen LogP contribution is -2.45. The Kier molecular flexibility index (Phi) is 3.26. The standard InChI is InChI=1S/C6H9F4NO2/c1-5(7,6(8,9)10)2-3(11)4(12)13/h3H,2,11H2,1H3,(H,12,13)/t3-,5?/m0/s1. The molecule has 78 valence electrons. The summed E-state index contributed by atoms with van der Waals surface area (Å²) < 4.78 is 48.2. The first-order chi connectivity index (χ1) is 5.58. The Bertz CT molecular complexity index is 201. The summed E-state index contributed by atoms with van der Waals surface area (Å²) >= 11 is 0. The third kappa shape index (κ3) is 3.17. The molecule has 0 aromatic carbocycles. The molecule has 0 aromatic rings. The zero-order valence-corrected chi connectivity index (χ0v) is 6.73. The minimum Gasteiger partial charge on any atom is -0.480 e. The number of carbonyl (C=O) groups is 1. The van der Waals surface area contributed by atoms with Crippen molar-refractivity contribution in [3.63, 3.8) is 0 Å². The largest absolute Gasteiger partial charge is 0.480 e. The third-order valence-electron chi connectivity index (χ3n) is 1.51. The average Bonchev–Trinajstić information content (AvgIpc) is 1.83. The van der Waals surface area contributed by atoms with Crippen LogP contribution in [0, 0.1) is 0 Å². The molecule has 3 N–H and O–H groups in total. The van der Waals surface area contributed by atoms with Crippen LogP contribution in [0.15, 0.2) is 0 Å². The maximum atomic E-state index is 12.7. The second kappa shape index (κ2) is 3.49. The van der Waals surface area contributed by atoms with Crippen LogP contribution in [0.1, 0.15) is 13.3 Å². The highest BCUT2D eigenvalue weighted by Gasteiger charge is 2.53. The quantitative estimate of drug-likeness (QED) is 0.674. The zero-order chi connectivity index (χ0) is 10.9.